The number of halogens is 1. The Morgan fingerprint density at radius 1 is 1.28 bits per heavy atom. The van der Waals surface area contributed by atoms with Crippen LogP contribution in [0, 0.1) is 18.7 Å². The maximum atomic E-state index is 13.7. The van der Waals surface area contributed by atoms with Crippen molar-refractivity contribution in [3.63, 3.8) is 0 Å². The minimum atomic E-state index is -0.341. The highest BCUT2D eigenvalue weighted by molar-refractivity contribution is 5.97. The topological polar surface area (TPSA) is 64.4 Å². The number of carbonyl (C=O) groups excluding carboxylic acids is 2. The zero-order chi connectivity index (χ0) is 20.5. The lowest BCUT2D eigenvalue weighted by molar-refractivity contribution is -0.149. The maximum absolute atomic E-state index is 13.7. The van der Waals surface area contributed by atoms with E-state index in [1.165, 1.54) is 12.1 Å². The van der Waals surface area contributed by atoms with E-state index in [1.54, 1.807) is 28.6 Å². The van der Waals surface area contributed by atoms with Crippen molar-refractivity contribution in [2.24, 2.45) is 5.92 Å². The van der Waals surface area contributed by atoms with Gasteiger partial charge in [0.05, 0.1) is 35.2 Å². The van der Waals surface area contributed by atoms with Crippen molar-refractivity contribution < 1.29 is 18.7 Å². The van der Waals surface area contributed by atoms with Crippen molar-refractivity contribution in [2.75, 3.05) is 19.7 Å². The average molecular weight is 399 g/mol. The van der Waals surface area contributed by atoms with Crippen molar-refractivity contribution in [1.82, 2.24) is 14.7 Å². The Morgan fingerprint density at radius 3 is 2.76 bits per heavy atom. The van der Waals surface area contributed by atoms with E-state index >= 15 is 0 Å². The molecule has 1 atom stereocenters. The summed E-state index contributed by atoms with van der Waals surface area (Å²) in [6.07, 6.45) is 3.52. The van der Waals surface area contributed by atoms with Crippen molar-refractivity contribution in [2.45, 2.75) is 45.4 Å². The number of aromatic nitrogens is 2. The number of amides is 1. The molecule has 2 heterocycles. The van der Waals surface area contributed by atoms with Crippen LogP contribution in [0.15, 0.2) is 24.3 Å². The molecular formula is C22H26FN3O3. The van der Waals surface area contributed by atoms with Crippen LogP contribution in [0.3, 0.4) is 0 Å². The average Bonchev–Trinajstić information content (AvgIpc) is 3.50. The molecule has 0 spiro atoms. The van der Waals surface area contributed by atoms with Gasteiger partial charge in [0.15, 0.2) is 0 Å². The summed E-state index contributed by atoms with van der Waals surface area (Å²) in [5, 5.41) is 4.69. The Morgan fingerprint density at radius 2 is 2.07 bits per heavy atom. The highest BCUT2D eigenvalue weighted by atomic mass is 19.1. The van der Waals surface area contributed by atoms with Gasteiger partial charge < -0.3 is 9.64 Å². The Hall–Kier alpha value is -2.70. The molecule has 6 nitrogen and oxygen atoms in total. The van der Waals surface area contributed by atoms with Gasteiger partial charge in [-0.15, -0.1) is 0 Å². The number of ether oxygens (including phenoxy) is 1. The lowest BCUT2D eigenvalue weighted by Gasteiger charge is -2.31. The Bertz CT molecular complexity index is 935. The lowest BCUT2D eigenvalue weighted by atomic mass is 9.97. The zero-order valence-electron chi connectivity index (χ0n) is 16.9. The standard InChI is InChI=1S/C22H26FN3O3/c1-3-29-22(28)16-6-5-11-25(13-16)21(27)19-14(2)26(24-20(19)15-9-10-15)18-8-4-7-17(23)12-18/h4,7-8,12,15-16H,3,5-6,9-11,13H2,1-2H3/t16-/m1/s1. The summed E-state index contributed by atoms with van der Waals surface area (Å²) in [5.74, 6) is -0.684. The lowest BCUT2D eigenvalue weighted by Crippen LogP contribution is -2.43. The molecule has 7 heteroatoms. The predicted octanol–water partition coefficient (Wildman–Crippen LogP) is 3.61. The Kier molecular flexibility index (Phi) is 5.39. The zero-order valence-corrected chi connectivity index (χ0v) is 16.9. The normalized spacial score (nSPS) is 19.3. The molecule has 0 radical (unpaired) electrons. The van der Waals surface area contributed by atoms with E-state index in [4.69, 9.17) is 9.84 Å². The second-order valence-electron chi connectivity index (χ2n) is 7.85. The van der Waals surface area contributed by atoms with Crippen LogP contribution in [0.1, 0.15) is 60.3 Å². The minimum absolute atomic E-state index is 0.0962. The summed E-state index contributed by atoms with van der Waals surface area (Å²) in [7, 11) is 0. The smallest absolute Gasteiger partial charge is 0.310 e. The molecule has 154 valence electrons. The van der Waals surface area contributed by atoms with Crippen LogP contribution >= 0.6 is 0 Å². The van der Waals surface area contributed by atoms with Crippen molar-refractivity contribution in [1.29, 1.82) is 0 Å². The van der Waals surface area contributed by atoms with Crippen LogP contribution < -0.4 is 0 Å². The molecule has 4 rings (SSSR count). The second-order valence-corrected chi connectivity index (χ2v) is 7.85. The molecule has 1 aromatic carbocycles. The highest BCUT2D eigenvalue weighted by Gasteiger charge is 2.37. The summed E-state index contributed by atoms with van der Waals surface area (Å²) in [4.78, 5) is 27.4. The van der Waals surface area contributed by atoms with E-state index in [1.807, 2.05) is 6.92 Å². The van der Waals surface area contributed by atoms with Gasteiger partial charge in [-0.05, 0) is 57.7 Å². The molecule has 2 aliphatic rings. The second kappa shape index (κ2) is 7.97. The first-order chi connectivity index (χ1) is 14.0. The van der Waals surface area contributed by atoms with Gasteiger partial charge >= 0.3 is 5.97 Å². The quantitative estimate of drug-likeness (QED) is 0.721. The number of benzene rings is 1. The van der Waals surface area contributed by atoms with E-state index in [0.29, 0.717) is 36.6 Å². The van der Waals surface area contributed by atoms with E-state index in [9.17, 15) is 14.0 Å². The van der Waals surface area contributed by atoms with Gasteiger partial charge in [-0.3, -0.25) is 9.59 Å². The van der Waals surface area contributed by atoms with E-state index in [2.05, 4.69) is 0 Å². The molecule has 1 saturated heterocycles. The molecule has 0 bridgehead atoms. The number of esters is 1. The summed E-state index contributed by atoms with van der Waals surface area (Å²) in [6.45, 7) is 4.96. The molecule has 1 aliphatic carbocycles. The molecule has 2 fully saturated rings. The third-order valence-electron chi connectivity index (χ3n) is 5.70. The molecule has 1 aliphatic heterocycles. The van der Waals surface area contributed by atoms with E-state index < -0.39 is 0 Å². The largest absolute Gasteiger partial charge is 0.466 e. The first-order valence-electron chi connectivity index (χ1n) is 10.3. The van der Waals surface area contributed by atoms with Gasteiger partial charge in [-0.25, -0.2) is 9.07 Å². The number of likely N-dealkylation sites (tertiary alicyclic amines) is 1. The first kappa shape index (κ1) is 19.6. The van der Waals surface area contributed by atoms with E-state index in [0.717, 1.165) is 31.4 Å². The molecule has 1 amide bonds. The number of carbonyl (C=O) groups is 2. The van der Waals surface area contributed by atoms with Crippen LogP contribution in [-0.2, 0) is 9.53 Å². The third kappa shape index (κ3) is 3.91. The van der Waals surface area contributed by atoms with Gasteiger partial charge in [0, 0.05) is 19.0 Å². The molecule has 29 heavy (non-hydrogen) atoms. The summed E-state index contributed by atoms with van der Waals surface area (Å²) in [6, 6.07) is 6.23. The number of nitrogens with zero attached hydrogens (tertiary/aromatic N) is 3. The monoisotopic (exact) mass is 399 g/mol. The summed E-state index contributed by atoms with van der Waals surface area (Å²) in [5.41, 5.74) is 2.70. The molecule has 1 aromatic heterocycles. The number of hydrogen-bond donors (Lipinski definition) is 0. The number of hydrogen-bond acceptors (Lipinski definition) is 4. The Balaban J connectivity index is 1.65. The van der Waals surface area contributed by atoms with Crippen LogP contribution in [0.2, 0.25) is 0 Å². The van der Waals surface area contributed by atoms with Gasteiger partial charge in [0.25, 0.3) is 5.91 Å². The molecule has 2 aromatic rings. The fourth-order valence-corrected chi connectivity index (χ4v) is 4.06. The predicted molar refractivity (Wildman–Crippen MR) is 105 cm³/mol. The first-order valence-corrected chi connectivity index (χ1v) is 10.3. The fourth-order valence-electron chi connectivity index (χ4n) is 4.06. The van der Waals surface area contributed by atoms with Crippen LogP contribution in [0.4, 0.5) is 4.39 Å². The van der Waals surface area contributed by atoms with Gasteiger partial charge in [-0.1, -0.05) is 6.07 Å². The van der Waals surface area contributed by atoms with Crippen molar-refractivity contribution in [3.8, 4) is 5.69 Å². The SMILES string of the molecule is CCOC(=O)[C@@H]1CCCN(C(=O)c2c(C3CC3)nn(-c3cccc(F)c3)c2C)C1. The van der Waals surface area contributed by atoms with Crippen molar-refractivity contribution in [3.05, 3.63) is 47.0 Å². The minimum Gasteiger partial charge on any atom is -0.466 e. The molecule has 0 N–H and O–H groups in total. The van der Waals surface area contributed by atoms with Crippen LogP contribution in [0.5, 0.6) is 0 Å². The van der Waals surface area contributed by atoms with Gasteiger partial charge in [-0.2, -0.15) is 5.10 Å². The summed E-state index contributed by atoms with van der Waals surface area (Å²) >= 11 is 0. The maximum Gasteiger partial charge on any atom is 0.310 e. The van der Waals surface area contributed by atoms with Gasteiger partial charge in [0.2, 0.25) is 0 Å². The van der Waals surface area contributed by atoms with E-state index in [-0.39, 0.29) is 29.5 Å². The fraction of sp³-hybridized carbons (Fsp3) is 0.500. The molecule has 0 unspecified atom stereocenters. The van der Waals surface area contributed by atoms with Gasteiger partial charge in [0.1, 0.15) is 5.82 Å². The van der Waals surface area contributed by atoms with Crippen LogP contribution in [0.25, 0.3) is 5.69 Å². The molecular weight excluding hydrogens is 373 g/mol. The molecule has 1 saturated carbocycles. The number of piperidine rings is 1. The van der Waals surface area contributed by atoms with Crippen LogP contribution in [-0.4, -0.2) is 46.3 Å². The highest BCUT2D eigenvalue weighted by Crippen LogP contribution is 2.42. The number of rotatable bonds is 5. The van der Waals surface area contributed by atoms with Crippen molar-refractivity contribution >= 4 is 11.9 Å². The Labute approximate surface area is 169 Å². The third-order valence-corrected chi connectivity index (χ3v) is 5.70. The summed E-state index contributed by atoms with van der Waals surface area (Å²) < 4.78 is 20.6.